The first-order chi connectivity index (χ1) is 15.2. The predicted molar refractivity (Wildman–Crippen MR) is 119 cm³/mol. The number of hydrogen-bond acceptors (Lipinski definition) is 5. The quantitative estimate of drug-likeness (QED) is 0.562. The zero-order valence-electron chi connectivity index (χ0n) is 18.1. The van der Waals surface area contributed by atoms with Gasteiger partial charge in [-0.25, -0.2) is 9.97 Å². The van der Waals surface area contributed by atoms with Crippen molar-refractivity contribution in [1.29, 1.82) is 0 Å². The van der Waals surface area contributed by atoms with Crippen LogP contribution in [-0.4, -0.2) is 39.4 Å². The molecule has 4 rings (SSSR count). The molecule has 3 aromatic rings. The Morgan fingerprint density at radius 3 is 2.65 bits per heavy atom. The van der Waals surface area contributed by atoms with Crippen LogP contribution in [0.1, 0.15) is 59.7 Å². The topological polar surface area (TPSA) is 68.2 Å². The van der Waals surface area contributed by atoms with Gasteiger partial charge in [-0.1, -0.05) is 19.1 Å². The van der Waals surface area contributed by atoms with Crippen LogP contribution >= 0.6 is 0 Å². The third-order valence-corrected chi connectivity index (χ3v) is 5.67. The van der Waals surface area contributed by atoms with Gasteiger partial charge in [0, 0.05) is 49.8 Å². The molecule has 1 saturated heterocycles. The van der Waals surface area contributed by atoms with Crippen molar-refractivity contribution in [3.63, 3.8) is 0 Å². The second-order valence-corrected chi connectivity index (χ2v) is 7.86. The summed E-state index contributed by atoms with van der Waals surface area (Å²) in [4.78, 5) is 29.0. The van der Waals surface area contributed by atoms with E-state index in [-0.39, 0.29) is 11.9 Å². The zero-order valence-corrected chi connectivity index (χ0v) is 18.1. The molecule has 0 bridgehead atoms. The standard InChI is InChI=1S/C25H28N4O2/c1-3-5-23-27-16-21(19-11-13-26-14-12-19)24(28-23)22-6-4-15-29(22)25(30)20-9-7-18(8-10-20)17-31-2/h7-14,16,22H,3-6,15,17H2,1-2H3/t22-/m0/s1. The average molecular weight is 417 g/mol. The zero-order chi connectivity index (χ0) is 21.6. The lowest BCUT2D eigenvalue weighted by Gasteiger charge is -2.26. The molecular weight excluding hydrogens is 388 g/mol. The highest BCUT2D eigenvalue weighted by atomic mass is 16.5. The number of benzene rings is 1. The van der Waals surface area contributed by atoms with Crippen molar-refractivity contribution in [3.05, 3.63) is 77.6 Å². The van der Waals surface area contributed by atoms with Crippen LogP contribution in [0.4, 0.5) is 0 Å². The summed E-state index contributed by atoms with van der Waals surface area (Å²) >= 11 is 0. The number of carbonyl (C=O) groups is 1. The van der Waals surface area contributed by atoms with Crippen LogP contribution in [0, 0.1) is 0 Å². The van der Waals surface area contributed by atoms with E-state index in [1.807, 2.05) is 47.5 Å². The Morgan fingerprint density at radius 1 is 1.16 bits per heavy atom. The Labute approximate surface area is 183 Å². The number of aromatic nitrogens is 3. The Bertz CT molecular complexity index is 1020. The van der Waals surface area contributed by atoms with E-state index in [1.54, 1.807) is 19.5 Å². The number of pyridine rings is 1. The van der Waals surface area contributed by atoms with Crippen molar-refractivity contribution in [2.75, 3.05) is 13.7 Å². The first kappa shape index (κ1) is 21.1. The molecule has 1 amide bonds. The Balaban J connectivity index is 1.68. The van der Waals surface area contributed by atoms with Gasteiger partial charge in [0.05, 0.1) is 18.3 Å². The lowest BCUT2D eigenvalue weighted by Crippen LogP contribution is -2.31. The van der Waals surface area contributed by atoms with Gasteiger partial charge in [-0.05, 0) is 54.7 Å². The molecule has 1 aliphatic heterocycles. The lowest BCUT2D eigenvalue weighted by molar-refractivity contribution is 0.0733. The van der Waals surface area contributed by atoms with Crippen LogP contribution < -0.4 is 0 Å². The number of aryl methyl sites for hydroxylation is 1. The predicted octanol–water partition coefficient (Wildman–Crippen LogP) is 4.61. The summed E-state index contributed by atoms with van der Waals surface area (Å²) in [5.74, 6) is 0.876. The first-order valence-electron chi connectivity index (χ1n) is 10.9. The highest BCUT2D eigenvalue weighted by molar-refractivity contribution is 5.94. The molecule has 1 fully saturated rings. The van der Waals surface area contributed by atoms with Crippen molar-refractivity contribution in [1.82, 2.24) is 19.9 Å². The number of amides is 1. The molecule has 160 valence electrons. The van der Waals surface area contributed by atoms with Crippen molar-refractivity contribution in [2.24, 2.45) is 0 Å². The molecule has 6 nitrogen and oxygen atoms in total. The maximum atomic E-state index is 13.4. The summed E-state index contributed by atoms with van der Waals surface area (Å²) in [7, 11) is 1.67. The summed E-state index contributed by atoms with van der Waals surface area (Å²) in [5.41, 5.74) is 4.68. The normalized spacial score (nSPS) is 15.9. The minimum Gasteiger partial charge on any atom is -0.380 e. The van der Waals surface area contributed by atoms with Gasteiger partial charge < -0.3 is 9.64 Å². The summed E-state index contributed by atoms with van der Waals surface area (Å²) < 4.78 is 5.18. The lowest BCUT2D eigenvalue weighted by atomic mass is 10.00. The fourth-order valence-electron chi connectivity index (χ4n) is 4.16. The Morgan fingerprint density at radius 2 is 1.94 bits per heavy atom. The Hall–Kier alpha value is -3.12. The van der Waals surface area contributed by atoms with Gasteiger partial charge >= 0.3 is 0 Å². The van der Waals surface area contributed by atoms with E-state index in [0.29, 0.717) is 12.2 Å². The van der Waals surface area contributed by atoms with Gasteiger partial charge in [0.25, 0.3) is 5.91 Å². The molecule has 1 atom stereocenters. The van der Waals surface area contributed by atoms with Gasteiger partial charge in [-0.15, -0.1) is 0 Å². The van der Waals surface area contributed by atoms with E-state index in [2.05, 4.69) is 16.9 Å². The number of hydrogen-bond donors (Lipinski definition) is 0. The summed E-state index contributed by atoms with van der Waals surface area (Å²) in [6, 6.07) is 11.6. The molecule has 2 aromatic heterocycles. The van der Waals surface area contributed by atoms with Gasteiger partial charge in [-0.2, -0.15) is 0 Å². The van der Waals surface area contributed by atoms with E-state index >= 15 is 0 Å². The van der Waals surface area contributed by atoms with Crippen LogP contribution in [0.25, 0.3) is 11.1 Å². The minimum atomic E-state index is -0.0621. The van der Waals surface area contributed by atoms with Crippen LogP contribution in [0.3, 0.4) is 0 Å². The number of likely N-dealkylation sites (tertiary alicyclic amines) is 1. The van der Waals surface area contributed by atoms with Crippen molar-refractivity contribution in [3.8, 4) is 11.1 Å². The van der Waals surface area contributed by atoms with Crippen molar-refractivity contribution in [2.45, 2.75) is 45.3 Å². The highest BCUT2D eigenvalue weighted by Gasteiger charge is 2.33. The fourth-order valence-corrected chi connectivity index (χ4v) is 4.16. The van der Waals surface area contributed by atoms with Gasteiger partial charge in [-0.3, -0.25) is 9.78 Å². The first-order valence-corrected chi connectivity index (χ1v) is 10.9. The molecule has 0 unspecified atom stereocenters. The van der Waals surface area contributed by atoms with Gasteiger partial charge in [0.15, 0.2) is 0 Å². The second-order valence-electron chi connectivity index (χ2n) is 7.86. The summed E-state index contributed by atoms with van der Waals surface area (Å²) in [5, 5.41) is 0. The van der Waals surface area contributed by atoms with Gasteiger partial charge in [0.1, 0.15) is 5.82 Å². The van der Waals surface area contributed by atoms with E-state index in [4.69, 9.17) is 9.72 Å². The molecule has 0 spiro atoms. The van der Waals surface area contributed by atoms with Crippen molar-refractivity contribution >= 4 is 5.91 Å². The minimum absolute atomic E-state index is 0.0443. The molecule has 3 heterocycles. The third-order valence-electron chi connectivity index (χ3n) is 5.67. The average Bonchev–Trinajstić information content (AvgIpc) is 3.30. The summed E-state index contributed by atoms with van der Waals surface area (Å²) in [6.45, 7) is 3.39. The fraction of sp³-hybridized carbons (Fsp3) is 0.360. The SMILES string of the molecule is CCCc1ncc(-c2ccncc2)c([C@@H]2CCCN2C(=O)c2ccc(COC)cc2)n1. The molecule has 0 radical (unpaired) electrons. The number of methoxy groups -OCH3 is 1. The van der Waals surface area contributed by atoms with E-state index in [0.717, 1.165) is 60.4 Å². The molecular formula is C25H28N4O2. The van der Waals surface area contributed by atoms with Crippen molar-refractivity contribution < 1.29 is 9.53 Å². The molecule has 31 heavy (non-hydrogen) atoms. The van der Waals surface area contributed by atoms with Crippen LogP contribution in [0.15, 0.2) is 55.0 Å². The number of carbonyl (C=O) groups excluding carboxylic acids is 1. The smallest absolute Gasteiger partial charge is 0.254 e. The maximum absolute atomic E-state index is 13.4. The highest BCUT2D eigenvalue weighted by Crippen LogP contribution is 2.37. The van der Waals surface area contributed by atoms with Crippen LogP contribution in [0.5, 0.6) is 0 Å². The third kappa shape index (κ3) is 4.64. The monoisotopic (exact) mass is 416 g/mol. The maximum Gasteiger partial charge on any atom is 0.254 e. The van der Waals surface area contributed by atoms with E-state index in [9.17, 15) is 4.79 Å². The number of rotatable bonds is 7. The molecule has 0 aliphatic carbocycles. The molecule has 0 saturated carbocycles. The molecule has 6 heteroatoms. The van der Waals surface area contributed by atoms with Crippen LogP contribution in [-0.2, 0) is 17.8 Å². The van der Waals surface area contributed by atoms with Crippen LogP contribution in [0.2, 0.25) is 0 Å². The molecule has 1 aromatic carbocycles. The molecule has 1 aliphatic rings. The summed E-state index contributed by atoms with van der Waals surface area (Å²) in [6.07, 6.45) is 9.12. The number of ether oxygens (including phenoxy) is 1. The van der Waals surface area contributed by atoms with E-state index in [1.165, 1.54) is 0 Å². The Kier molecular flexibility index (Phi) is 6.67. The second kappa shape index (κ2) is 9.79. The van der Waals surface area contributed by atoms with Gasteiger partial charge in [0.2, 0.25) is 0 Å². The largest absolute Gasteiger partial charge is 0.380 e. The number of nitrogens with zero attached hydrogens (tertiary/aromatic N) is 4. The van der Waals surface area contributed by atoms with E-state index < -0.39 is 0 Å². The molecule has 0 N–H and O–H groups in total.